The first-order chi connectivity index (χ1) is 8.31. The molecule has 0 aliphatic heterocycles. The molecule has 2 N–H and O–H groups in total. The van der Waals surface area contributed by atoms with Gasteiger partial charge in [0.05, 0.1) is 21.7 Å². The second kappa shape index (κ2) is 6.41. The Kier molecular flexibility index (Phi) is 5.70. The Bertz CT molecular complexity index is 529. The monoisotopic (exact) mass is 331 g/mol. The van der Waals surface area contributed by atoms with E-state index in [0.717, 1.165) is 0 Å². The van der Waals surface area contributed by atoms with Crippen LogP contribution in [0.3, 0.4) is 0 Å². The van der Waals surface area contributed by atoms with Crippen LogP contribution in [0.4, 0.5) is 0 Å². The summed E-state index contributed by atoms with van der Waals surface area (Å²) in [6.07, 6.45) is 0.453. The molecular formula is C10H12Cl3NO3S. The SMILES string of the molecule is CC[C@@H](CO)NS(=O)(=O)c1cc(Cl)c(Cl)cc1Cl. The summed E-state index contributed by atoms with van der Waals surface area (Å²) in [6.45, 7) is 1.45. The molecule has 0 unspecified atom stereocenters. The van der Waals surface area contributed by atoms with Gasteiger partial charge in [-0.2, -0.15) is 0 Å². The van der Waals surface area contributed by atoms with Gasteiger partial charge < -0.3 is 5.11 Å². The first-order valence-corrected chi connectivity index (χ1v) is 7.71. The summed E-state index contributed by atoms with van der Waals surface area (Å²) in [4.78, 5) is -0.162. The van der Waals surface area contributed by atoms with E-state index >= 15 is 0 Å². The molecule has 1 rings (SSSR count). The first kappa shape index (κ1) is 16.0. The maximum absolute atomic E-state index is 12.0. The zero-order chi connectivity index (χ0) is 13.9. The highest BCUT2D eigenvalue weighted by atomic mass is 35.5. The van der Waals surface area contributed by atoms with E-state index in [1.165, 1.54) is 12.1 Å². The van der Waals surface area contributed by atoms with Crippen molar-refractivity contribution in [3.05, 3.63) is 27.2 Å². The summed E-state index contributed by atoms with van der Waals surface area (Å²) in [7, 11) is -3.84. The molecule has 0 aromatic heterocycles. The van der Waals surface area contributed by atoms with Gasteiger partial charge in [-0.15, -0.1) is 0 Å². The van der Waals surface area contributed by atoms with Crippen molar-refractivity contribution in [3.8, 4) is 0 Å². The molecule has 8 heteroatoms. The van der Waals surface area contributed by atoms with Crippen LogP contribution in [0, 0.1) is 0 Å². The predicted octanol–water partition coefficient (Wildman–Crippen LogP) is 2.70. The van der Waals surface area contributed by atoms with Gasteiger partial charge in [-0.25, -0.2) is 13.1 Å². The summed E-state index contributed by atoms with van der Waals surface area (Å²) in [6, 6.07) is 1.87. The molecule has 0 saturated carbocycles. The highest BCUT2D eigenvalue weighted by molar-refractivity contribution is 7.89. The Hall–Kier alpha value is -0.0400. The fraction of sp³-hybridized carbons (Fsp3) is 0.400. The molecule has 4 nitrogen and oxygen atoms in total. The van der Waals surface area contributed by atoms with Crippen LogP contribution in [0.5, 0.6) is 0 Å². The lowest BCUT2D eigenvalue weighted by Crippen LogP contribution is -2.37. The topological polar surface area (TPSA) is 66.4 Å². The van der Waals surface area contributed by atoms with Gasteiger partial charge in [0.25, 0.3) is 0 Å². The van der Waals surface area contributed by atoms with Crippen LogP contribution in [0.25, 0.3) is 0 Å². The highest BCUT2D eigenvalue weighted by Gasteiger charge is 2.22. The summed E-state index contributed by atoms with van der Waals surface area (Å²) >= 11 is 17.3. The number of hydrogen-bond donors (Lipinski definition) is 2. The van der Waals surface area contributed by atoms with Crippen LogP contribution in [-0.2, 0) is 10.0 Å². The second-order valence-electron chi connectivity index (χ2n) is 3.61. The molecule has 1 atom stereocenters. The van der Waals surface area contributed by atoms with E-state index in [2.05, 4.69) is 4.72 Å². The molecule has 0 heterocycles. The van der Waals surface area contributed by atoms with Crippen LogP contribution in [0.1, 0.15) is 13.3 Å². The zero-order valence-corrected chi connectivity index (χ0v) is 12.5. The zero-order valence-electron chi connectivity index (χ0n) is 9.45. The van der Waals surface area contributed by atoms with Crippen LogP contribution in [0.2, 0.25) is 15.1 Å². The van der Waals surface area contributed by atoms with Gasteiger partial charge in [0.1, 0.15) is 4.90 Å². The molecule has 18 heavy (non-hydrogen) atoms. The Morgan fingerprint density at radius 3 is 2.28 bits per heavy atom. The molecule has 0 amide bonds. The quantitative estimate of drug-likeness (QED) is 0.815. The minimum absolute atomic E-state index is 0.0234. The fourth-order valence-corrected chi connectivity index (χ4v) is 3.55. The molecule has 102 valence electrons. The lowest BCUT2D eigenvalue weighted by molar-refractivity contribution is 0.254. The Balaban J connectivity index is 3.16. The van der Waals surface area contributed by atoms with Crippen molar-refractivity contribution in [2.45, 2.75) is 24.3 Å². The molecule has 0 fully saturated rings. The van der Waals surface area contributed by atoms with E-state index in [4.69, 9.17) is 39.9 Å². The van der Waals surface area contributed by atoms with Gasteiger partial charge in [-0.3, -0.25) is 0 Å². The van der Waals surface area contributed by atoms with Crippen molar-refractivity contribution >= 4 is 44.8 Å². The maximum Gasteiger partial charge on any atom is 0.242 e. The maximum atomic E-state index is 12.0. The largest absolute Gasteiger partial charge is 0.395 e. The predicted molar refractivity (Wildman–Crippen MR) is 73.0 cm³/mol. The van der Waals surface area contributed by atoms with E-state index in [0.29, 0.717) is 6.42 Å². The van der Waals surface area contributed by atoms with E-state index in [1.54, 1.807) is 6.92 Å². The van der Waals surface area contributed by atoms with Gasteiger partial charge in [0.2, 0.25) is 10.0 Å². The standard InChI is InChI=1S/C10H12Cl3NO3S/c1-2-6(5-15)14-18(16,17)10-4-8(12)7(11)3-9(10)13/h3-4,6,14-15H,2,5H2,1H3/t6-/m0/s1. The number of aliphatic hydroxyl groups is 1. The van der Waals surface area contributed by atoms with Crippen LogP contribution in [0.15, 0.2) is 17.0 Å². The molecule has 0 saturated heterocycles. The number of hydrogen-bond acceptors (Lipinski definition) is 3. The second-order valence-corrected chi connectivity index (χ2v) is 6.51. The van der Waals surface area contributed by atoms with E-state index in [9.17, 15) is 8.42 Å². The Labute approximate surface area is 121 Å². The summed E-state index contributed by atoms with van der Waals surface area (Å²) in [5, 5.41) is 9.25. The molecule has 0 radical (unpaired) electrons. The smallest absolute Gasteiger partial charge is 0.242 e. The number of halogens is 3. The van der Waals surface area contributed by atoms with Crippen molar-refractivity contribution in [3.63, 3.8) is 0 Å². The summed E-state index contributed by atoms with van der Waals surface area (Å²) in [5.41, 5.74) is 0. The van der Waals surface area contributed by atoms with E-state index in [-0.39, 0.29) is 26.6 Å². The number of sulfonamides is 1. The fourth-order valence-electron chi connectivity index (χ4n) is 1.24. The number of nitrogens with one attached hydrogen (secondary N) is 1. The number of benzene rings is 1. The van der Waals surface area contributed by atoms with Gasteiger partial charge in [-0.05, 0) is 18.6 Å². The average Bonchev–Trinajstić information content (AvgIpc) is 2.30. The van der Waals surface area contributed by atoms with Crippen molar-refractivity contribution < 1.29 is 13.5 Å². The lowest BCUT2D eigenvalue weighted by Gasteiger charge is -2.15. The molecule has 0 bridgehead atoms. The molecule has 1 aromatic carbocycles. The summed E-state index contributed by atoms with van der Waals surface area (Å²) in [5.74, 6) is 0. The molecular weight excluding hydrogens is 321 g/mol. The van der Waals surface area contributed by atoms with Crippen LogP contribution >= 0.6 is 34.8 Å². The third-order valence-corrected chi connectivity index (χ3v) is 5.01. The van der Waals surface area contributed by atoms with Crippen molar-refractivity contribution in [1.82, 2.24) is 4.72 Å². The minimum atomic E-state index is -3.84. The van der Waals surface area contributed by atoms with Gasteiger partial charge in [0, 0.05) is 6.04 Å². The normalized spacial score (nSPS) is 13.6. The Morgan fingerprint density at radius 1 is 1.22 bits per heavy atom. The van der Waals surface area contributed by atoms with E-state index < -0.39 is 16.1 Å². The minimum Gasteiger partial charge on any atom is -0.395 e. The number of rotatable bonds is 5. The highest BCUT2D eigenvalue weighted by Crippen LogP contribution is 2.31. The van der Waals surface area contributed by atoms with Crippen molar-refractivity contribution in [1.29, 1.82) is 0 Å². The third-order valence-electron chi connectivity index (χ3n) is 2.30. The lowest BCUT2D eigenvalue weighted by atomic mass is 10.3. The summed E-state index contributed by atoms with van der Waals surface area (Å²) < 4.78 is 26.4. The van der Waals surface area contributed by atoms with Gasteiger partial charge in [0.15, 0.2) is 0 Å². The average molecular weight is 333 g/mol. The molecule has 0 spiro atoms. The van der Waals surface area contributed by atoms with Crippen molar-refractivity contribution in [2.75, 3.05) is 6.61 Å². The first-order valence-electron chi connectivity index (χ1n) is 5.09. The molecule has 1 aromatic rings. The van der Waals surface area contributed by atoms with Gasteiger partial charge >= 0.3 is 0 Å². The van der Waals surface area contributed by atoms with Gasteiger partial charge in [-0.1, -0.05) is 41.7 Å². The van der Waals surface area contributed by atoms with Crippen LogP contribution in [-0.4, -0.2) is 26.2 Å². The van der Waals surface area contributed by atoms with Crippen LogP contribution < -0.4 is 4.72 Å². The number of aliphatic hydroxyl groups excluding tert-OH is 1. The Morgan fingerprint density at radius 2 is 1.78 bits per heavy atom. The van der Waals surface area contributed by atoms with Crippen molar-refractivity contribution in [2.24, 2.45) is 0 Å². The third kappa shape index (κ3) is 3.73. The molecule has 0 aliphatic rings. The van der Waals surface area contributed by atoms with E-state index in [1.807, 2.05) is 0 Å². The molecule has 0 aliphatic carbocycles.